The average Bonchev–Trinajstić information content (AvgIpc) is 3.51. The van der Waals surface area contributed by atoms with Crippen LogP contribution in [0.15, 0.2) is 162 Å². The predicted octanol–water partition coefficient (Wildman–Crippen LogP) is 11.3. The third-order valence-corrected chi connectivity index (χ3v) is 8.73. The standard InChI is InChI=1S/C42H26N2O/c1-2-12-34-28(9-1)10-7-15-35(34)33-24-31(23-32(25-33)30-11-8-22-43-26-30)27-18-20-29(21-19-27)42-40-36-13-3-5-16-38(36)44-41(40)37-14-4-6-17-39(37)45-42/h1-26H. The fourth-order valence-corrected chi connectivity index (χ4v) is 6.57. The van der Waals surface area contributed by atoms with Gasteiger partial charge in [0.05, 0.1) is 16.8 Å². The number of benzene rings is 6. The van der Waals surface area contributed by atoms with Crippen molar-refractivity contribution in [2.75, 3.05) is 0 Å². The molecule has 0 saturated carbocycles. The van der Waals surface area contributed by atoms with E-state index in [0.717, 1.165) is 66.7 Å². The van der Waals surface area contributed by atoms with Crippen molar-refractivity contribution < 1.29 is 4.42 Å². The quantitative estimate of drug-likeness (QED) is 0.210. The van der Waals surface area contributed by atoms with Gasteiger partial charge >= 0.3 is 0 Å². The van der Waals surface area contributed by atoms with Crippen molar-refractivity contribution in [1.29, 1.82) is 0 Å². The van der Waals surface area contributed by atoms with Crippen molar-refractivity contribution in [3.8, 4) is 56.0 Å². The summed E-state index contributed by atoms with van der Waals surface area (Å²) in [4.78, 5) is 9.44. The molecular formula is C42H26N2O. The van der Waals surface area contributed by atoms with Crippen molar-refractivity contribution in [3.05, 3.63) is 158 Å². The van der Waals surface area contributed by atoms with Gasteiger partial charge in [0.2, 0.25) is 0 Å². The predicted molar refractivity (Wildman–Crippen MR) is 185 cm³/mol. The molecule has 0 N–H and O–H groups in total. The second-order valence-corrected chi connectivity index (χ2v) is 11.4. The second-order valence-electron chi connectivity index (χ2n) is 11.4. The normalized spacial score (nSPS) is 11.6. The molecule has 0 fully saturated rings. The lowest BCUT2D eigenvalue weighted by Gasteiger charge is -2.14. The Bertz CT molecular complexity index is 2470. The van der Waals surface area contributed by atoms with E-state index < -0.39 is 0 Å². The van der Waals surface area contributed by atoms with Gasteiger partial charge in [0.15, 0.2) is 0 Å². The van der Waals surface area contributed by atoms with E-state index in [0.29, 0.717) is 0 Å². The van der Waals surface area contributed by atoms with Gasteiger partial charge in [0.25, 0.3) is 0 Å². The highest BCUT2D eigenvalue weighted by Gasteiger charge is 2.23. The number of fused-ring (bicyclic) bond motifs is 6. The summed E-state index contributed by atoms with van der Waals surface area (Å²) in [5.41, 5.74) is 11.7. The highest BCUT2D eigenvalue weighted by Crippen LogP contribution is 2.44. The van der Waals surface area contributed by atoms with Crippen LogP contribution in [0, 0.1) is 0 Å². The average molecular weight is 575 g/mol. The molecule has 6 aromatic carbocycles. The fraction of sp³-hybridized carbons (Fsp3) is 0. The zero-order chi connectivity index (χ0) is 29.7. The molecule has 7 aromatic rings. The van der Waals surface area contributed by atoms with Gasteiger partial charge in [-0.25, -0.2) is 4.98 Å². The lowest BCUT2D eigenvalue weighted by atomic mass is 9.91. The molecule has 0 amide bonds. The molecule has 0 spiro atoms. The largest absolute Gasteiger partial charge is 0.455 e. The zero-order valence-electron chi connectivity index (χ0n) is 24.3. The topological polar surface area (TPSA) is 38.9 Å². The lowest BCUT2D eigenvalue weighted by molar-refractivity contribution is 0.622. The maximum atomic E-state index is 6.62. The number of rotatable bonds is 4. The third kappa shape index (κ3) is 4.29. The maximum Gasteiger partial charge on any atom is 0.144 e. The molecule has 1 aromatic heterocycles. The Morgan fingerprint density at radius 1 is 0.467 bits per heavy atom. The van der Waals surface area contributed by atoms with E-state index in [9.17, 15) is 0 Å². The summed E-state index contributed by atoms with van der Waals surface area (Å²) in [5.74, 6) is 0.838. The van der Waals surface area contributed by atoms with Crippen LogP contribution in [0.2, 0.25) is 0 Å². The van der Waals surface area contributed by atoms with Crippen LogP contribution in [0.3, 0.4) is 0 Å². The Morgan fingerprint density at radius 2 is 1.16 bits per heavy atom. The van der Waals surface area contributed by atoms with Gasteiger partial charge in [-0.15, -0.1) is 0 Å². The molecule has 2 aliphatic rings. The molecule has 0 bridgehead atoms. The summed E-state index contributed by atoms with van der Waals surface area (Å²) >= 11 is 0. The molecule has 3 heteroatoms. The van der Waals surface area contributed by atoms with Crippen molar-refractivity contribution in [3.63, 3.8) is 0 Å². The molecule has 0 aliphatic carbocycles. The van der Waals surface area contributed by atoms with Gasteiger partial charge < -0.3 is 4.42 Å². The van der Waals surface area contributed by atoms with Gasteiger partial charge in [-0.2, -0.15) is 0 Å². The van der Waals surface area contributed by atoms with Crippen molar-refractivity contribution in [2.24, 2.45) is 0 Å². The molecule has 210 valence electrons. The lowest BCUT2D eigenvalue weighted by Crippen LogP contribution is -1.90. The Hall–Kier alpha value is -6.06. The van der Waals surface area contributed by atoms with Crippen molar-refractivity contribution in [1.82, 2.24) is 9.97 Å². The van der Waals surface area contributed by atoms with Crippen LogP contribution >= 0.6 is 0 Å². The second kappa shape index (κ2) is 10.3. The smallest absolute Gasteiger partial charge is 0.144 e. The molecule has 9 rings (SSSR count). The number of para-hydroxylation sites is 2. The van der Waals surface area contributed by atoms with Gasteiger partial charge in [-0.3, -0.25) is 4.98 Å². The maximum absolute atomic E-state index is 6.62. The molecule has 45 heavy (non-hydrogen) atoms. The minimum Gasteiger partial charge on any atom is -0.455 e. The SMILES string of the molecule is c1cncc(-c2cc(-c3ccc(-c4oc5ccccc5c5nc6ccccc6c4-5)cc3)cc(-c3cccc4ccccc34)c2)c1. The van der Waals surface area contributed by atoms with Crippen LogP contribution in [0.4, 0.5) is 0 Å². The molecule has 3 nitrogen and oxygen atoms in total. The first-order valence-electron chi connectivity index (χ1n) is 15.1. The number of hydrogen-bond acceptors (Lipinski definition) is 3. The van der Waals surface area contributed by atoms with Crippen molar-refractivity contribution in [2.45, 2.75) is 0 Å². The van der Waals surface area contributed by atoms with Crippen LogP contribution < -0.4 is 0 Å². The summed E-state index contributed by atoms with van der Waals surface area (Å²) in [6.45, 7) is 0. The van der Waals surface area contributed by atoms with Crippen LogP contribution in [0.25, 0.3) is 88.6 Å². The van der Waals surface area contributed by atoms with E-state index in [-0.39, 0.29) is 0 Å². The van der Waals surface area contributed by atoms with Crippen LogP contribution in [0.5, 0.6) is 0 Å². The van der Waals surface area contributed by atoms with Gasteiger partial charge in [-0.1, -0.05) is 103 Å². The Kier molecular flexibility index (Phi) is 5.82. The number of pyridine rings is 1. The number of aromatic nitrogens is 2. The van der Waals surface area contributed by atoms with E-state index in [1.807, 2.05) is 42.7 Å². The Labute approximate surface area is 260 Å². The van der Waals surface area contributed by atoms with Crippen LogP contribution in [0.1, 0.15) is 0 Å². The zero-order valence-corrected chi connectivity index (χ0v) is 24.3. The van der Waals surface area contributed by atoms with Crippen LogP contribution in [-0.2, 0) is 0 Å². The first-order chi connectivity index (χ1) is 22.3. The number of nitrogens with zero attached hydrogens (tertiary/aromatic N) is 2. The molecule has 0 atom stereocenters. The molecule has 3 heterocycles. The highest BCUT2D eigenvalue weighted by molar-refractivity contribution is 6.10. The van der Waals surface area contributed by atoms with E-state index in [1.54, 1.807) is 0 Å². The summed E-state index contributed by atoms with van der Waals surface area (Å²) in [6, 6.07) is 51.2. The monoisotopic (exact) mass is 574 g/mol. The first kappa shape index (κ1) is 25.4. The van der Waals surface area contributed by atoms with Gasteiger partial charge in [0, 0.05) is 34.3 Å². The summed E-state index contributed by atoms with van der Waals surface area (Å²) in [6.07, 6.45) is 3.75. The minimum absolute atomic E-state index is 0.829. The summed E-state index contributed by atoms with van der Waals surface area (Å²) in [7, 11) is 0. The first-order valence-corrected chi connectivity index (χ1v) is 15.1. The summed E-state index contributed by atoms with van der Waals surface area (Å²) in [5, 5.41) is 4.59. The molecule has 0 unspecified atom stereocenters. The molecule has 0 radical (unpaired) electrons. The van der Waals surface area contributed by atoms with E-state index in [2.05, 4.69) is 120 Å². The van der Waals surface area contributed by atoms with Crippen LogP contribution in [-0.4, -0.2) is 9.97 Å². The Balaban J connectivity index is 1.21. The van der Waals surface area contributed by atoms with Gasteiger partial charge in [-0.05, 0) is 81.1 Å². The van der Waals surface area contributed by atoms with E-state index in [1.165, 1.54) is 21.9 Å². The van der Waals surface area contributed by atoms with Crippen molar-refractivity contribution >= 4 is 32.6 Å². The highest BCUT2D eigenvalue weighted by atomic mass is 16.3. The third-order valence-electron chi connectivity index (χ3n) is 8.73. The van der Waals surface area contributed by atoms with E-state index in [4.69, 9.17) is 9.40 Å². The molecular weight excluding hydrogens is 548 g/mol. The molecule has 2 aliphatic heterocycles. The minimum atomic E-state index is 0.829. The summed E-state index contributed by atoms with van der Waals surface area (Å²) < 4.78 is 6.62. The Morgan fingerprint density at radius 3 is 2.00 bits per heavy atom. The molecule has 0 saturated heterocycles. The van der Waals surface area contributed by atoms with Gasteiger partial charge in [0.1, 0.15) is 11.3 Å². The fourth-order valence-electron chi connectivity index (χ4n) is 6.57. The number of hydrogen-bond donors (Lipinski definition) is 0. The van der Waals surface area contributed by atoms with E-state index >= 15 is 0 Å².